The van der Waals surface area contributed by atoms with Crippen molar-refractivity contribution in [3.63, 3.8) is 0 Å². The molecule has 21 heavy (non-hydrogen) atoms. The molecule has 0 spiro atoms. The van der Waals surface area contributed by atoms with Crippen LogP contribution in [0.2, 0.25) is 10.0 Å². The van der Waals surface area contributed by atoms with Gasteiger partial charge in [0.05, 0.1) is 20.3 Å². The predicted octanol–water partition coefficient (Wildman–Crippen LogP) is 2.92. The normalized spacial score (nSPS) is 23.4. The minimum atomic E-state index is -3.94. The molecular weight excluding hydrogens is 357 g/mol. The molecule has 1 heterocycles. The summed E-state index contributed by atoms with van der Waals surface area (Å²) in [5.74, 6) is -0.920. The highest BCUT2D eigenvalue weighted by atomic mass is 35.5. The van der Waals surface area contributed by atoms with Crippen molar-refractivity contribution in [1.82, 2.24) is 4.31 Å². The topological polar surface area (TPSA) is 74.7 Å². The second kappa shape index (κ2) is 6.34. The number of nitrogens with zero attached hydrogens (tertiary/aromatic N) is 1. The highest BCUT2D eigenvalue weighted by Crippen LogP contribution is 2.37. The second-order valence-corrected chi connectivity index (χ2v) is 8.33. The van der Waals surface area contributed by atoms with Crippen LogP contribution < -0.4 is 0 Å². The van der Waals surface area contributed by atoms with Gasteiger partial charge in [0, 0.05) is 5.75 Å². The van der Waals surface area contributed by atoms with Crippen LogP contribution in [0.15, 0.2) is 23.1 Å². The molecule has 1 saturated heterocycles. The molecule has 2 rings (SSSR count). The predicted molar refractivity (Wildman–Crippen MR) is 83.4 cm³/mol. The van der Waals surface area contributed by atoms with Crippen LogP contribution in [0.25, 0.3) is 0 Å². The molecule has 0 bridgehead atoms. The lowest BCUT2D eigenvalue weighted by molar-refractivity contribution is -0.140. The second-order valence-electron chi connectivity index (χ2n) is 4.46. The van der Waals surface area contributed by atoms with Gasteiger partial charge in [0.1, 0.15) is 6.04 Å². The van der Waals surface area contributed by atoms with Gasteiger partial charge in [-0.3, -0.25) is 4.79 Å². The van der Waals surface area contributed by atoms with Crippen molar-refractivity contribution in [3.8, 4) is 0 Å². The van der Waals surface area contributed by atoms with Crippen LogP contribution in [0, 0.1) is 0 Å². The van der Waals surface area contributed by atoms with E-state index in [1.807, 2.05) is 6.92 Å². The highest BCUT2D eigenvalue weighted by molar-refractivity contribution is 8.01. The van der Waals surface area contributed by atoms with Gasteiger partial charge in [-0.2, -0.15) is 4.31 Å². The SMILES string of the molecule is CCC1SCC(C(=O)O)N1S(=O)(=O)c1ccc(Cl)c(Cl)c1. The van der Waals surface area contributed by atoms with Gasteiger partial charge in [-0.15, -0.1) is 11.8 Å². The summed E-state index contributed by atoms with van der Waals surface area (Å²) in [5, 5.41) is 9.20. The molecule has 0 aromatic heterocycles. The third-order valence-corrected chi connectivity index (χ3v) is 7.38. The number of halogens is 2. The minimum Gasteiger partial charge on any atom is -0.480 e. The maximum absolute atomic E-state index is 12.7. The van der Waals surface area contributed by atoms with Gasteiger partial charge in [0.25, 0.3) is 0 Å². The maximum Gasteiger partial charge on any atom is 0.322 e. The van der Waals surface area contributed by atoms with Gasteiger partial charge >= 0.3 is 5.97 Å². The molecule has 0 saturated carbocycles. The Morgan fingerprint density at radius 1 is 1.43 bits per heavy atom. The Balaban J connectivity index is 2.49. The first-order chi connectivity index (χ1) is 9.78. The van der Waals surface area contributed by atoms with Crippen LogP contribution in [-0.4, -0.2) is 41.0 Å². The fourth-order valence-electron chi connectivity index (χ4n) is 2.11. The van der Waals surface area contributed by atoms with Crippen molar-refractivity contribution < 1.29 is 18.3 Å². The van der Waals surface area contributed by atoms with E-state index in [9.17, 15) is 18.3 Å². The molecule has 0 amide bonds. The van der Waals surface area contributed by atoms with E-state index < -0.39 is 27.4 Å². The molecular formula is C12H13Cl2NO4S2. The average molecular weight is 370 g/mol. The molecule has 0 aliphatic carbocycles. The van der Waals surface area contributed by atoms with Crippen molar-refractivity contribution in [2.24, 2.45) is 0 Å². The number of hydrogen-bond acceptors (Lipinski definition) is 4. The lowest BCUT2D eigenvalue weighted by Gasteiger charge is -2.25. The first-order valence-corrected chi connectivity index (χ1v) is 9.36. The number of carboxylic acids is 1. The largest absolute Gasteiger partial charge is 0.480 e. The molecule has 116 valence electrons. The summed E-state index contributed by atoms with van der Waals surface area (Å²) in [7, 11) is -3.94. The van der Waals surface area contributed by atoms with E-state index in [0.717, 1.165) is 4.31 Å². The van der Waals surface area contributed by atoms with Crippen LogP contribution in [0.1, 0.15) is 13.3 Å². The van der Waals surface area contributed by atoms with Gasteiger partial charge in [0.15, 0.2) is 0 Å². The first-order valence-electron chi connectivity index (χ1n) is 6.12. The van der Waals surface area contributed by atoms with Crippen molar-refractivity contribution in [2.75, 3.05) is 5.75 Å². The van der Waals surface area contributed by atoms with E-state index in [1.165, 1.54) is 30.0 Å². The van der Waals surface area contributed by atoms with Crippen LogP contribution in [0.4, 0.5) is 0 Å². The first kappa shape index (κ1) is 16.9. The molecule has 1 N–H and O–H groups in total. The maximum atomic E-state index is 12.7. The number of carbonyl (C=O) groups is 1. The van der Waals surface area contributed by atoms with E-state index >= 15 is 0 Å². The Kier molecular flexibility index (Phi) is 5.10. The van der Waals surface area contributed by atoms with Gasteiger partial charge in [0.2, 0.25) is 10.0 Å². The molecule has 1 aliphatic heterocycles. The standard InChI is InChI=1S/C12H13Cl2NO4S2/c1-2-11-15(10(6-20-11)12(16)17)21(18,19)7-3-4-8(13)9(14)5-7/h3-5,10-11H,2,6H2,1H3,(H,16,17). The van der Waals surface area contributed by atoms with Crippen LogP contribution in [0.5, 0.6) is 0 Å². The van der Waals surface area contributed by atoms with E-state index in [4.69, 9.17) is 23.2 Å². The van der Waals surface area contributed by atoms with Crippen molar-refractivity contribution in [2.45, 2.75) is 29.7 Å². The molecule has 1 aromatic rings. The zero-order valence-corrected chi connectivity index (χ0v) is 14.1. The lowest BCUT2D eigenvalue weighted by Crippen LogP contribution is -2.45. The van der Waals surface area contributed by atoms with Gasteiger partial charge in [-0.1, -0.05) is 30.1 Å². The van der Waals surface area contributed by atoms with E-state index in [2.05, 4.69) is 0 Å². The number of aliphatic carboxylic acids is 1. The van der Waals surface area contributed by atoms with Crippen molar-refractivity contribution in [1.29, 1.82) is 0 Å². The molecule has 5 nitrogen and oxygen atoms in total. The summed E-state index contributed by atoms with van der Waals surface area (Å²) < 4.78 is 26.5. The average Bonchev–Trinajstić information content (AvgIpc) is 2.86. The quantitative estimate of drug-likeness (QED) is 0.882. The van der Waals surface area contributed by atoms with Crippen molar-refractivity contribution >= 4 is 51.0 Å². The zero-order chi connectivity index (χ0) is 15.8. The third-order valence-electron chi connectivity index (χ3n) is 3.14. The number of hydrogen-bond donors (Lipinski definition) is 1. The Bertz CT molecular complexity index is 665. The molecule has 9 heteroatoms. The summed E-state index contributed by atoms with van der Waals surface area (Å²) in [6, 6.07) is 2.89. The smallest absolute Gasteiger partial charge is 0.322 e. The van der Waals surface area contributed by atoms with Gasteiger partial charge < -0.3 is 5.11 Å². The summed E-state index contributed by atoms with van der Waals surface area (Å²) in [6.45, 7) is 1.82. The summed E-state index contributed by atoms with van der Waals surface area (Å²) in [5.41, 5.74) is 0. The lowest BCUT2D eigenvalue weighted by atomic mass is 10.3. The Morgan fingerprint density at radius 2 is 2.10 bits per heavy atom. The number of thioether (sulfide) groups is 1. The highest BCUT2D eigenvalue weighted by Gasteiger charge is 2.45. The van der Waals surface area contributed by atoms with Gasteiger partial charge in [-0.25, -0.2) is 8.42 Å². The number of benzene rings is 1. The monoisotopic (exact) mass is 369 g/mol. The molecule has 1 aliphatic rings. The Labute approximate surface area is 137 Å². The summed E-state index contributed by atoms with van der Waals surface area (Å²) in [6.07, 6.45) is 0.523. The fraction of sp³-hybridized carbons (Fsp3) is 0.417. The summed E-state index contributed by atoms with van der Waals surface area (Å²) in [4.78, 5) is 11.3. The molecule has 0 radical (unpaired) electrons. The van der Waals surface area contributed by atoms with E-state index in [0.29, 0.717) is 6.42 Å². The molecule has 2 unspecified atom stereocenters. The van der Waals surface area contributed by atoms with E-state index in [1.54, 1.807) is 0 Å². The number of carboxylic acid groups (broad SMARTS) is 1. The minimum absolute atomic E-state index is 0.0518. The zero-order valence-electron chi connectivity index (χ0n) is 11.0. The Morgan fingerprint density at radius 3 is 2.62 bits per heavy atom. The number of rotatable bonds is 4. The molecule has 1 fully saturated rings. The van der Waals surface area contributed by atoms with Gasteiger partial charge in [-0.05, 0) is 24.6 Å². The van der Waals surface area contributed by atoms with E-state index in [-0.39, 0.29) is 20.7 Å². The third kappa shape index (κ3) is 3.17. The van der Waals surface area contributed by atoms with Crippen LogP contribution in [-0.2, 0) is 14.8 Å². The van der Waals surface area contributed by atoms with Crippen molar-refractivity contribution in [3.05, 3.63) is 28.2 Å². The summed E-state index contributed by atoms with van der Waals surface area (Å²) >= 11 is 13.0. The Hall–Kier alpha value is -0.470. The molecule has 2 atom stereocenters. The number of sulfonamides is 1. The van der Waals surface area contributed by atoms with Crippen LogP contribution >= 0.6 is 35.0 Å². The fourth-order valence-corrected chi connectivity index (χ4v) is 6.03. The molecule has 1 aromatic carbocycles. The van der Waals surface area contributed by atoms with Crippen LogP contribution in [0.3, 0.4) is 0 Å².